The lowest BCUT2D eigenvalue weighted by Crippen LogP contribution is -2.37. The van der Waals surface area contributed by atoms with Crippen molar-refractivity contribution >= 4 is 15.7 Å². The minimum atomic E-state index is -3.45. The van der Waals surface area contributed by atoms with Crippen molar-refractivity contribution in [3.8, 4) is 0 Å². The average molecular weight is 296 g/mol. The number of nitrogens with two attached hydrogens (primary N) is 1. The maximum Gasteiger partial charge on any atom is 0.240 e. The minimum absolute atomic E-state index is 0.0605. The molecular weight excluding hydrogens is 272 g/mol. The molecule has 1 aromatic carbocycles. The second-order valence-corrected chi connectivity index (χ2v) is 7.48. The van der Waals surface area contributed by atoms with Crippen LogP contribution in [0.2, 0.25) is 0 Å². The molecule has 0 radical (unpaired) electrons. The van der Waals surface area contributed by atoms with Gasteiger partial charge in [0.25, 0.3) is 0 Å². The Morgan fingerprint density at radius 3 is 2.45 bits per heavy atom. The Morgan fingerprint density at radius 2 is 1.90 bits per heavy atom. The molecule has 1 fully saturated rings. The van der Waals surface area contributed by atoms with Crippen molar-refractivity contribution < 1.29 is 8.42 Å². The Balaban J connectivity index is 2.06. The molecule has 1 aliphatic rings. The molecule has 0 saturated heterocycles. The van der Waals surface area contributed by atoms with Gasteiger partial charge in [-0.2, -0.15) is 0 Å². The van der Waals surface area contributed by atoms with Gasteiger partial charge in [0.2, 0.25) is 10.0 Å². The highest BCUT2D eigenvalue weighted by atomic mass is 32.2. The molecule has 1 saturated carbocycles. The zero-order valence-corrected chi connectivity index (χ0v) is 13.0. The normalized spacial score (nSPS) is 23.7. The van der Waals surface area contributed by atoms with E-state index in [0.29, 0.717) is 5.69 Å². The fourth-order valence-electron chi connectivity index (χ4n) is 2.76. The van der Waals surface area contributed by atoms with Crippen molar-refractivity contribution in [1.82, 2.24) is 4.72 Å². The van der Waals surface area contributed by atoms with E-state index in [2.05, 4.69) is 11.6 Å². The summed E-state index contributed by atoms with van der Waals surface area (Å²) in [6.07, 6.45) is 5.27. The van der Waals surface area contributed by atoms with E-state index in [9.17, 15) is 8.42 Å². The second-order valence-electron chi connectivity index (χ2n) is 5.77. The Bertz CT molecular complexity index is 561. The number of anilines is 1. The highest BCUT2D eigenvalue weighted by Gasteiger charge is 2.25. The molecule has 0 unspecified atom stereocenters. The molecule has 2 rings (SSSR count). The number of hydrogen-bond donors (Lipinski definition) is 2. The molecule has 0 bridgehead atoms. The maximum absolute atomic E-state index is 12.3. The van der Waals surface area contributed by atoms with Crippen LogP contribution in [0.3, 0.4) is 0 Å². The molecule has 0 atom stereocenters. The van der Waals surface area contributed by atoms with E-state index in [1.54, 1.807) is 12.1 Å². The van der Waals surface area contributed by atoms with Crippen LogP contribution in [0.4, 0.5) is 5.69 Å². The highest BCUT2D eigenvalue weighted by molar-refractivity contribution is 7.89. The van der Waals surface area contributed by atoms with Crippen molar-refractivity contribution in [3.63, 3.8) is 0 Å². The van der Waals surface area contributed by atoms with Crippen LogP contribution < -0.4 is 10.5 Å². The van der Waals surface area contributed by atoms with E-state index in [1.165, 1.54) is 12.5 Å². The van der Waals surface area contributed by atoms with E-state index < -0.39 is 10.0 Å². The molecular formula is C15H24N2O2S. The third-order valence-electron chi connectivity index (χ3n) is 4.31. The van der Waals surface area contributed by atoms with E-state index >= 15 is 0 Å². The van der Waals surface area contributed by atoms with E-state index in [-0.39, 0.29) is 10.9 Å². The number of hydrogen-bond acceptors (Lipinski definition) is 3. The third kappa shape index (κ3) is 3.52. The zero-order chi connectivity index (χ0) is 14.8. The Labute approximate surface area is 121 Å². The van der Waals surface area contributed by atoms with Gasteiger partial charge in [-0.3, -0.25) is 0 Å². The van der Waals surface area contributed by atoms with Gasteiger partial charge in [-0.05, 0) is 56.2 Å². The molecule has 0 spiro atoms. The molecule has 0 aromatic heterocycles. The molecule has 1 aromatic rings. The molecule has 5 heteroatoms. The van der Waals surface area contributed by atoms with Crippen LogP contribution in [0.15, 0.2) is 23.1 Å². The van der Waals surface area contributed by atoms with Crippen LogP contribution >= 0.6 is 0 Å². The molecule has 0 heterocycles. The van der Waals surface area contributed by atoms with Gasteiger partial charge in [-0.15, -0.1) is 0 Å². The predicted molar refractivity (Wildman–Crippen MR) is 81.9 cm³/mol. The van der Waals surface area contributed by atoms with Gasteiger partial charge in [-0.1, -0.05) is 19.4 Å². The van der Waals surface area contributed by atoms with Crippen LogP contribution in [0, 0.1) is 12.8 Å². The van der Waals surface area contributed by atoms with E-state index in [0.717, 1.165) is 37.2 Å². The fourth-order valence-corrected chi connectivity index (χ4v) is 4.10. The lowest BCUT2D eigenvalue weighted by atomic mass is 9.85. The zero-order valence-electron chi connectivity index (χ0n) is 12.2. The van der Waals surface area contributed by atoms with Crippen molar-refractivity contribution in [1.29, 1.82) is 0 Å². The summed E-state index contributed by atoms with van der Waals surface area (Å²) >= 11 is 0. The van der Waals surface area contributed by atoms with Gasteiger partial charge in [0.15, 0.2) is 0 Å². The number of benzene rings is 1. The van der Waals surface area contributed by atoms with E-state index in [1.807, 2.05) is 6.92 Å². The van der Waals surface area contributed by atoms with Gasteiger partial charge >= 0.3 is 0 Å². The highest BCUT2D eigenvalue weighted by Crippen LogP contribution is 2.27. The van der Waals surface area contributed by atoms with Crippen LogP contribution in [0.5, 0.6) is 0 Å². The van der Waals surface area contributed by atoms with Crippen LogP contribution in [0.1, 0.15) is 44.6 Å². The van der Waals surface area contributed by atoms with Gasteiger partial charge in [0, 0.05) is 11.7 Å². The first-order valence-corrected chi connectivity index (χ1v) is 8.79. The summed E-state index contributed by atoms with van der Waals surface area (Å²) in [5, 5.41) is 0. The fraction of sp³-hybridized carbons (Fsp3) is 0.600. The standard InChI is InChI=1S/C15H24N2O2S/c1-3-12-5-7-13(8-6-12)17-20(18,19)14-9-4-11(2)15(16)10-14/h4,9-10,12-13,17H,3,5-8,16H2,1-2H3. The number of nitrogen functional groups attached to an aromatic ring is 1. The molecule has 0 amide bonds. The topological polar surface area (TPSA) is 72.2 Å². The number of aryl methyl sites for hydroxylation is 1. The Kier molecular flexibility index (Phi) is 4.70. The summed E-state index contributed by atoms with van der Waals surface area (Å²) in [4.78, 5) is 0.262. The summed E-state index contributed by atoms with van der Waals surface area (Å²) in [7, 11) is -3.45. The predicted octanol–water partition coefficient (Wildman–Crippen LogP) is 2.82. The van der Waals surface area contributed by atoms with Crippen molar-refractivity contribution in [2.75, 3.05) is 5.73 Å². The summed E-state index contributed by atoms with van der Waals surface area (Å²) in [6, 6.07) is 4.96. The molecule has 3 N–H and O–H groups in total. The summed E-state index contributed by atoms with van der Waals surface area (Å²) in [5.74, 6) is 0.755. The monoisotopic (exact) mass is 296 g/mol. The Morgan fingerprint density at radius 1 is 1.25 bits per heavy atom. The molecule has 20 heavy (non-hydrogen) atoms. The number of nitrogens with one attached hydrogen (secondary N) is 1. The summed E-state index contributed by atoms with van der Waals surface area (Å²) in [5.41, 5.74) is 7.21. The van der Waals surface area contributed by atoms with Crippen LogP contribution in [-0.2, 0) is 10.0 Å². The molecule has 0 aliphatic heterocycles. The third-order valence-corrected chi connectivity index (χ3v) is 5.83. The molecule has 1 aliphatic carbocycles. The van der Waals surface area contributed by atoms with Crippen molar-refractivity contribution in [2.45, 2.75) is 56.9 Å². The first-order valence-electron chi connectivity index (χ1n) is 7.31. The first kappa shape index (κ1) is 15.3. The SMILES string of the molecule is CCC1CCC(NS(=O)(=O)c2ccc(C)c(N)c2)CC1. The van der Waals surface area contributed by atoms with E-state index in [4.69, 9.17) is 5.73 Å². The lowest BCUT2D eigenvalue weighted by Gasteiger charge is -2.28. The molecule has 4 nitrogen and oxygen atoms in total. The van der Waals surface area contributed by atoms with Crippen molar-refractivity contribution in [2.24, 2.45) is 5.92 Å². The summed E-state index contributed by atoms with van der Waals surface area (Å²) < 4.78 is 27.5. The number of sulfonamides is 1. The van der Waals surface area contributed by atoms with Gasteiger partial charge in [-0.25, -0.2) is 13.1 Å². The average Bonchev–Trinajstić information content (AvgIpc) is 2.42. The quantitative estimate of drug-likeness (QED) is 0.839. The van der Waals surface area contributed by atoms with Crippen LogP contribution in [-0.4, -0.2) is 14.5 Å². The first-order chi connectivity index (χ1) is 9.42. The van der Waals surface area contributed by atoms with Crippen LogP contribution in [0.25, 0.3) is 0 Å². The molecule has 112 valence electrons. The van der Waals surface area contributed by atoms with Gasteiger partial charge in [0.05, 0.1) is 4.90 Å². The summed E-state index contributed by atoms with van der Waals surface area (Å²) in [6.45, 7) is 4.06. The second kappa shape index (κ2) is 6.14. The number of rotatable bonds is 4. The Hall–Kier alpha value is -1.07. The minimum Gasteiger partial charge on any atom is -0.398 e. The van der Waals surface area contributed by atoms with Crippen molar-refractivity contribution in [3.05, 3.63) is 23.8 Å². The van der Waals surface area contributed by atoms with Gasteiger partial charge < -0.3 is 5.73 Å². The maximum atomic E-state index is 12.3. The van der Waals surface area contributed by atoms with Gasteiger partial charge in [0.1, 0.15) is 0 Å². The smallest absolute Gasteiger partial charge is 0.240 e. The lowest BCUT2D eigenvalue weighted by molar-refractivity contribution is 0.306. The largest absolute Gasteiger partial charge is 0.398 e.